The van der Waals surface area contributed by atoms with E-state index in [-0.39, 0.29) is 16.9 Å². The number of unbranched alkanes of at least 4 members (excludes halogenated alkanes) is 1. The zero-order valence-corrected chi connectivity index (χ0v) is 23.0. The molecule has 3 aromatic rings. The third kappa shape index (κ3) is 4.70. The number of carboxylic acid groups (broad SMARTS) is 1. The second-order valence-corrected chi connectivity index (χ2v) is 12.1. The molecule has 39 heavy (non-hydrogen) atoms. The molecule has 0 saturated heterocycles. The molecule has 4 aliphatic rings. The Morgan fingerprint density at radius 2 is 1.62 bits per heavy atom. The summed E-state index contributed by atoms with van der Waals surface area (Å²) in [5.74, 6) is 1.62. The highest BCUT2D eigenvalue weighted by Gasteiger charge is 2.52. The monoisotopic (exact) mass is 526 g/mol. The van der Waals surface area contributed by atoms with E-state index in [0.29, 0.717) is 30.1 Å². The molecule has 1 N–H and O–H groups in total. The summed E-state index contributed by atoms with van der Waals surface area (Å²) in [5.41, 5.74) is 3.51. The average molecular weight is 527 g/mol. The van der Waals surface area contributed by atoms with Gasteiger partial charge in [0, 0.05) is 5.56 Å². The van der Waals surface area contributed by atoms with Crippen LogP contribution in [-0.4, -0.2) is 30.3 Å². The summed E-state index contributed by atoms with van der Waals surface area (Å²) >= 11 is 0. The Hall–Kier alpha value is -3.34. The van der Waals surface area contributed by atoms with Gasteiger partial charge in [0.2, 0.25) is 0 Å². The SMILES string of the molecule is CCCCOc1cccc(C(=O)O)c1-c1ccc2cc(C(=O)OCC)c(C34CC5CC(CC(C5)C3)C4)cc2c1. The first-order valence-electron chi connectivity index (χ1n) is 14.7. The number of ether oxygens (including phenoxy) is 2. The van der Waals surface area contributed by atoms with Crippen LogP contribution in [0.2, 0.25) is 0 Å². The van der Waals surface area contributed by atoms with Crippen molar-refractivity contribution >= 4 is 22.7 Å². The van der Waals surface area contributed by atoms with Crippen molar-refractivity contribution in [1.82, 2.24) is 0 Å². The quantitative estimate of drug-likeness (QED) is 0.226. The number of benzene rings is 3. The van der Waals surface area contributed by atoms with Gasteiger partial charge in [0.1, 0.15) is 5.75 Å². The number of fused-ring (bicyclic) bond motifs is 1. The van der Waals surface area contributed by atoms with Crippen LogP contribution in [0.4, 0.5) is 0 Å². The number of hydrogen-bond donors (Lipinski definition) is 1. The Morgan fingerprint density at radius 1 is 0.897 bits per heavy atom. The summed E-state index contributed by atoms with van der Waals surface area (Å²) in [4.78, 5) is 25.5. The number of hydrogen-bond acceptors (Lipinski definition) is 4. The third-order valence-corrected chi connectivity index (χ3v) is 9.38. The Balaban J connectivity index is 1.50. The van der Waals surface area contributed by atoms with Crippen molar-refractivity contribution in [2.24, 2.45) is 17.8 Å². The molecule has 0 aliphatic heterocycles. The molecule has 0 amide bonds. The summed E-state index contributed by atoms with van der Waals surface area (Å²) in [7, 11) is 0. The lowest BCUT2D eigenvalue weighted by atomic mass is 9.47. The van der Waals surface area contributed by atoms with Gasteiger partial charge in [-0.25, -0.2) is 9.59 Å². The Bertz CT molecular complexity index is 1390. The molecule has 0 spiro atoms. The molecule has 5 heteroatoms. The maximum atomic E-state index is 13.3. The standard InChI is InChI=1S/C34H38O5/c1-3-5-11-39-30-8-6-7-27(32(35)36)31(30)25-10-9-24-16-28(33(37)38-4-2)29(17-26(24)15-25)34-18-21-12-22(19-34)14-23(13-21)20-34/h6-10,15-17,21-23H,3-5,11-14,18-20H2,1-2H3,(H,35,36). The first-order chi connectivity index (χ1) is 18.9. The van der Waals surface area contributed by atoms with Gasteiger partial charge < -0.3 is 14.6 Å². The fraction of sp³-hybridized carbons (Fsp3) is 0.471. The van der Waals surface area contributed by atoms with Gasteiger partial charge in [0.05, 0.1) is 24.3 Å². The molecule has 0 unspecified atom stereocenters. The van der Waals surface area contributed by atoms with E-state index in [9.17, 15) is 14.7 Å². The fourth-order valence-electron chi connectivity index (χ4n) is 8.16. The fourth-order valence-corrected chi connectivity index (χ4v) is 8.16. The van der Waals surface area contributed by atoms with Gasteiger partial charge >= 0.3 is 11.9 Å². The lowest BCUT2D eigenvalue weighted by molar-refractivity contribution is -0.00598. The molecule has 0 heterocycles. The van der Waals surface area contributed by atoms with Crippen LogP contribution in [0.3, 0.4) is 0 Å². The number of carboxylic acids is 1. The van der Waals surface area contributed by atoms with E-state index >= 15 is 0 Å². The van der Waals surface area contributed by atoms with Crippen molar-refractivity contribution in [3.8, 4) is 16.9 Å². The predicted molar refractivity (Wildman–Crippen MR) is 153 cm³/mol. The van der Waals surface area contributed by atoms with E-state index in [1.807, 2.05) is 31.2 Å². The van der Waals surface area contributed by atoms with Gasteiger partial charge in [-0.15, -0.1) is 0 Å². The third-order valence-electron chi connectivity index (χ3n) is 9.38. The predicted octanol–water partition coefficient (Wildman–Crippen LogP) is 8.03. The molecular weight excluding hydrogens is 488 g/mol. The van der Waals surface area contributed by atoms with Crippen LogP contribution in [0.5, 0.6) is 5.75 Å². The van der Waals surface area contributed by atoms with Gasteiger partial charge in [-0.3, -0.25) is 0 Å². The summed E-state index contributed by atoms with van der Waals surface area (Å²) in [6.07, 6.45) is 9.34. The molecule has 0 atom stereocenters. The van der Waals surface area contributed by atoms with Crippen LogP contribution in [0.15, 0.2) is 48.5 Å². The minimum Gasteiger partial charge on any atom is -0.493 e. The van der Waals surface area contributed by atoms with Gasteiger partial charge in [0.15, 0.2) is 0 Å². The van der Waals surface area contributed by atoms with Crippen molar-refractivity contribution in [1.29, 1.82) is 0 Å². The normalized spacial score (nSPS) is 25.1. The first kappa shape index (κ1) is 25.9. The van der Waals surface area contributed by atoms with Crippen LogP contribution >= 0.6 is 0 Å². The maximum Gasteiger partial charge on any atom is 0.338 e. The van der Waals surface area contributed by atoms with E-state index < -0.39 is 5.97 Å². The minimum absolute atomic E-state index is 0.0223. The maximum absolute atomic E-state index is 13.3. The summed E-state index contributed by atoms with van der Waals surface area (Å²) in [6, 6.07) is 15.5. The summed E-state index contributed by atoms with van der Waals surface area (Å²) in [6.45, 7) is 4.85. The minimum atomic E-state index is -0.974. The van der Waals surface area contributed by atoms with E-state index in [4.69, 9.17) is 9.47 Å². The topological polar surface area (TPSA) is 72.8 Å². The second-order valence-electron chi connectivity index (χ2n) is 12.1. The summed E-state index contributed by atoms with van der Waals surface area (Å²) < 4.78 is 11.6. The Morgan fingerprint density at radius 3 is 2.26 bits per heavy atom. The van der Waals surface area contributed by atoms with Crippen LogP contribution in [-0.2, 0) is 10.2 Å². The number of aromatic carboxylic acids is 1. The van der Waals surface area contributed by atoms with E-state index in [1.165, 1.54) is 19.3 Å². The molecule has 4 saturated carbocycles. The summed E-state index contributed by atoms with van der Waals surface area (Å²) in [5, 5.41) is 12.0. The van der Waals surface area contributed by atoms with Gasteiger partial charge in [0.25, 0.3) is 0 Å². The van der Waals surface area contributed by atoms with Crippen molar-refractivity contribution in [3.63, 3.8) is 0 Å². The number of rotatable bonds is 9. The van der Waals surface area contributed by atoms with Gasteiger partial charge in [-0.05, 0) is 127 Å². The molecule has 4 bridgehead atoms. The van der Waals surface area contributed by atoms with Crippen molar-refractivity contribution in [3.05, 3.63) is 65.2 Å². The number of carbonyl (C=O) groups excluding carboxylic acids is 1. The highest BCUT2D eigenvalue weighted by molar-refractivity contribution is 6.02. The molecule has 4 fully saturated rings. The van der Waals surface area contributed by atoms with Crippen LogP contribution in [0.25, 0.3) is 21.9 Å². The number of esters is 1. The van der Waals surface area contributed by atoms with E-state index in [0.717, 1.165) is 71.8 Å². The highest BCUT2D eigenvalue weighted by Crippen LogP contribution is 2.61. The second kappa shape index (κ2) is 10.3. The highest BCUT2D eigenvalue weighted by atomic mass is 16.5. The van der Waals surface area contributed by atoms with E-state index in [1.54, 1.807) is 12.1 Å². The molecule has 204 valence electrons. The molecule has 7 rings (SSSR count). The van der Waals surface area contributed by atoms with Crippen LogP contribution in [0.1, 0.15) is 91.5 Å². The molecule has 5 nitrogen and oxygen atoms in total. The van der Waals surface area contributed by atoms with Crippen LogP contribution < -0.4 is 4.74 Å². The Labute approximate surface area is 230 Å². The average Bonchev–Trinajstić information content (AvgIpc) is 2.91. The molecule has 4 aliphatic carbocycles. The van der Waals surface area contributed by atoms with Gasteiger partial charge in [-0.2, -0.15) is 0 Å². The lowest BCUT2D eigenvalue weighted by Gasteiger charge is -2.57. The van der Waals surface area contributed by atoms with Crippen molar-refractivity contribution in [2.45, 2.75) is 70.6 Å². The first-order valence-corrected chi connectivity index (χ1v) is 14.7. The molecule has 0 radical (unpaired) electrons. The number of carbonyl (C=O) groups is 2. The van der Waals surface area contributed by atoms with Crippen molar-refractivity contribution < 1.29 is 24.2 Å². The lowest BCUT2D eigenvalue weighted by Crippen LogP contribution is -2.49. The Kier molecular flexibility index (Phi) is 6.86. The smallest absolute Gasteiger partial charge is 0.338 e. The molecule has 3 aromatic carbocycles. The van der Waals surface area contributed by atoms with Crippen LogP contribution in [0, 0.1) is 17.8 Å². The van der Waals surface area contributed by atoms with E-state index in [2.05, 4.69) is 19.1 Å². The zero-order valence-electron chi connectivity index (χ0n) is 23.0. The molecular formula is C34H38O5. The molecule has 0 aromatic heterocycles. The van der Waals surface area contributed by atoms with Crippen molar-refractivity contribution in [2.75, 3.05) is 13.2 Å². The largest absolute Gasteiger partial charge is 0.493 e. The van der Waals surface area contributed by atoms with Gasteiger partial charge in [-0.1, -0.05) is 31.5 Å². The zero-order chi connectivity index (χ0) is 27.1.